The van der Waals surface area contributed by atoms with Gasteiger partial charge in [-0.2, -0.15) is 0 Å². The minimum absolute atomic E-state index is 0.0491. The summed E-state index contributed by atoms with van der Waals surface area (Å²) in [6.07, 6.45) is 6.03. The SMILES string of the molecule is CC(=O)/C=C/C1=C(C)C(O)CCCC1(C)C. The van der Waals surface area contributed by atoms with E-state index in [2.05, 4.69) is 13.8 Å². The molecule has 0 radical (unpaired) electrons. The summed E-state index contributed by atoms with van der Waals surface area (Å²) in [5.41, 5.74) is 2.18. The zero-order chi connectivity index (χ0) is 12.3. The Kier molecular flexibility index (Phi) is 4.09. The lowest BCUT2D eigenvalue weighted by Gasteiger charge is -2.26. The Morgan fingerprint density at radius 1 is 1.50 bits per heavy atom. The highest BCUT2D eigenvalue weighted by Gasteiger charge is 2.28. The molecule has 0 aromatic heterocycles. The van der Waals surface area contributed by atoms with E-state index < -0.39 is 0 Å². The lowest BCUT2D eigenvalue weighted by atomic mass is 9.79. The van der Waals surface area contributed by atoms with E-state index in [-0.39, 0.29) is 17.3 Å². The lowest BCUT2D eigenvalue weighted by Crippen LogP contribution is -2.15. The number of allylic oxidation sites excluding steroid dienone is 3. The highest BCUT2D eigenvalue weighted by atomic mass is 16.3. The van der Waals surface area contributed by atoms with Gasteiger partial charge in [-0.05, 0) is 55.7 Å². The second-order valence-electron chi connectivity index (χ2n) is 5.33. The summed E-state index contributed by atoms with van der Waals surface area (Å²) in [5.74, 6) is 0.0508. The lowest BCUT2D eigenvalue weighted by molar-refractivity contribution is -0.112. The Hall–Kier alpha value is -0.890. The molecule has 0 bridgehead atoms. The molecule has 0 aromatic carbocycles. The van der Waals surface area contributed by atoms with E-state index in [1.807, 2.05) is 13.0 Å². The van der Waals surface area contributed by atoms with Crippen molar-refractivity contribution in [3.8, 4) is 0 Å². The van der Waals surface area contributed by atoms with E-state index in [9.17, 15) is 9.90 Å². The van der Waals surface area contributed by atoms with Crippen molar-refractivity contribution in [1.82, 2.24) is 0 Å². The zero-order valence-corrected chi connectivity index (χ0v) is 10.7. The van der Waals surface area contributed by atoms with E-state index in [0.29, 0.717) is 0 Å². The third-order valence-electron chi connectivity index (χ3n) is 3.42. The van der Waals surface area contributed by atoms with Gasteiger partial charge in [0.2, 0.25) is 0 Å². The predicted octanol–water partition coefficient (Wildman–Crippen LogP) is 3.02. The van der Waals surface area contributed by atoms with Gasteiger partial charge < -0.3 is 5.11 Å². The number of rotatable bonds is 2. The van der Waals surface area contributed by atoms with Crippen LogP contribution in [0.3, 0.4) is 0 Å². The van der Waals surface area contributed by atoms with Crippen molar-refractivity contribution in [1.29, 1.82) is 0 Å². The van der Waals surface area contributed by atoms with Crippen LogP contribution < -0.4 is 0 Å². The summed E-state index contributed by atoms with van der Waals surface area (Å²) in [6, 6.07) is 0. The molecular weight excluding hydrogens is 200 g/mol. The maximum atomic E-state index is 11.0. The van der Waals surface area contributed by atoms with Crippen LogP contribution in [0.5, 0.6) is 0 Å². The minimum Gasteiger partial charge on any atom is -0.389 e. The molecule has 0 aliphatic heterocycles. The molecule has 16 heavy (non-hydrogen) atoms. The summed E-state index contributed by atoms with van der Waals surface area (Å²) in [7, 11) is 0. The van der Waals surface area contributed by atoms with E-state index in [1.165, 1.54) is 0 Å². The van der Waals surface area contributed by atoms with E-state index >= 15 is 0 Å². The van der Waals surface area contributed by atoms with E-state index in [1.54, 1.807) is 13.0 Å². The molecular formula is C14H22O2. The Labute approximate surface area is 98.1 Å². The van der Waals surface area contributed by atoms with Gasteiger partial charge in [-0.25, -0.2) is 0 Å². The van der Waals surface area contributed by atoms with Crippen molar-refractivity contribution in [3.63, 3.8) is 0 Å². The number of carbonyl (C=O) groups excluding carboxylic acids is 1. The third kappa shape index (κ3) is 3.05. The van der Waals surface area contributed by atoms with Crippen LogP contribution in [0.2, 0.25) is 0 Å². The summed E-state index contributed by atoms with van der Waals surface area (Å²) >= 11 is 0. The Bertz CT molecular complexity index is 335. The first-order valence-electron chi connectivity index (χ1n) is 5.92. The van der Waals surface area contributed by atoms with Gasteiger partial charge in [-0.15, -0.1) is 0 Å². The largest absolute Gasteiger partial charge is 0.389 e. The second-order valence-corrected chi connectivity index (χ2v) is 5.33. The minimum atomic E-state index is -0.353. The zero-order valence-electron chi connectivity index (χ0n) is 10.7. The Balaban J connectivity index is 3.12. The number of hydrogen-bond acceptors (Lipinski definition) is 2. The highest BCUT2D eigenvalue weighted by Crippen LogP contribution is 2.39. The third-order valence-corrected chi connectivity index (χ3v) is 3.42. The molecule has 1 aliphatic rings. The topological polar surface area (TPSA) is 37.3 Å². The van der Waals surface area contributed by atoms with Crippen LogP contribution in [0.15, 0.2) is 23.3 Å². The van der Waals surface area contributed by atoms with Gasteiger partial charge in [0.15, 0.2) is 5.78 Å². The maximum absolute atomic E-state index is 11.0. The van der Waals surface area contributed by atoms with Gasteiger partial charge in [0.05, 0.1) is 6.10 Å². The molecule has 1 rings (SSSR count). The van der Waals surface area contributed by atoms with Crippen molar-refractivity contribution in [2.45, 2.75) is 53.1 Å². The average molecular weight is 222 g/mol. The van der Waals surface area contributed by atoms with Gasteiger partial charge in [-0.3, -0.25) is 4.79 Å². The molecule has 1 atom stereocenters. The first kappa shape index (κ1) is 13.2. The van der Waals surface area contributed by atoms with Gasteiger partial charge in [-0.1, -0.05) is 19.9 Å². The Morgan fingerprint density at radius 3 is 2.69 bits per heavy atom. The quantitative estimate of drug-likeness (QED) is 0.729. The number of carbonyl (C=O) groups is 1. The fourth-order valence-corrected chi connectivity index (χ4v) is 2.36. The van der Waals surface area contributed by atoms with Gasteiger partial charge in [0.1, 0.15) is 0 Å². The molecule has 90 valence electrons. The molecule has 0 heterocycles. The van der Waals surface area contributed by atoms with Crippen LogP contribution in [0, 0.1) is 5.41 Å². The standard InChI is InChI=1S/C14H22O2/c1-10(15)7-8-12-11(2)13(16)6-5-9-14(12,3)4/h7-8,13,16H,5-6,9H2,1-4H3/b8-7+. The number of aliphatic hydroxyl groups is 1. The fourth-order valence-electron chi connectivity index (χ4n) is 2.36. The molecule has 0 fully saturated rings. The molecule has 0 saturated heterocycles. The van der Waals surface area contributed by atoms with Crippen molar-refractivity contribution < 1.29 is 9.90 Å². The number of aliphatic hydroxyl groups excluding tert-OH is 1. The van der Waals surface area contributed by atoms with Crippen LogP contribution >= 0.6 is 0 Å². The van der Waals surface area contributed by atoms with Crippen molar-refractivity contribution in [2.75, 3.05) is 0 Å². The molecule has 1 N–H and O–H groups in total. The predicted molar refractivity (Wildman–Crippen MR) is 66.2 cm³/mol. The summed E-state index contributed by atoms with van der Waals surface area (Å²) in [6.45, 7) is 7.87. The van der Waals surface area contributed by atoms with Crippen LogP contribution in [0.4, 0.5) is 0 Å². The molecule has 2 heteroatoms. The molecule has 0 amide bonds. The maximum Gasteiger partial charge on any atom is 0.152 e. The summed E-state index contributed by atoms with van der Waals surface area (Å²) in [4.78, 5) is 11.0. The first-order chi connectivity index (χ1) is 7.34. The molecule has 0 spiro atoms. The number of ketones is 1. The van der Waals surface area contributed by atoms with Crippen LogP contribution in [-0.4, -0.2) is 17.0 Å². The molecule has 1 aliphatic carbocycles. The normalized spacial score (nSPS) is 25.9. The van der Waals surface area contributed by atoms with Crippen molar-refractivity contribution >= 4 is 5.78 Å². The average Bonchev–Trinajstić information content (AvgIpc) is 2.23. The van der Waals surface area contributed by atoms with Gasteiger partial charge >= 0.3 is 0 Å². The van der Waals surface area contributed by atoms with Crippen LogP contribution in [0.1, 0.15) is 47.0 Å². The summed E-state index contributed by atoms with van der Waals surface area (Å²) < 4.78 is 0. The van der Waals surface area contributed by atoms with Gasteiger partial charge in [0, 0.05) is 0 Å². The molecule has 0 aromatic rings. The van der Waals surface area contributed by atoms with Crippen LogP contribution in [0.25, 0.3) is 0 Å². The van der Waals surface area contributed by atoms with Crippen molar-refractivity contribution in [3.05, 3.63) is 23.3 Å². The fraction of sp³-hybridized carbons (Fsp3) is 0.643. The summed E-state index contributed by atoms with van der Waals surface area (Å²) in [5, 5.41) is 9.95. The van der Waals surface area contributed by atoms with Crippen molar-refractivity contribution in [2.24, 2.45) is 5.41 Å². The monoisotopic (exact) mass is 222 g/mol. The van der Waals surface area contributed by atoms with Crippen LogP contribution in [-0.2, 0) is 4.79 Å². The molecule has 0 saturated carbocycles. The van der Waals surface area contributed by atoms with E-state index in [0.717, 1.165) is 30.4 Å². The molecule has 2 nitrogen and oxygen atoms in total. The Morgan fingerprint density at radius 2 is 2.12 bits per heavy atom. The highest BCUT2D eigenvalue weighted by molar-refractivity contribution is 5.87. The number of hydrogen-bond donors (Lipinski definition) is 1. The van der Waals surface area contributed by atoms with Gasteiger partial charge in [0.25, 0.3) is 0 Å². The molecule has 1 unspecified atom stereocenters. The second kappa shape index (κ2) is 4.96. The van der Waals surface area contributed by atoms with E-state index in [4.69, 9.17) is 0 Å². The first-order valence-corrected chi connectivity index (χ1v) is 5.92. The smallest absolute Gasteiger partial charge is 0.152 e.